The molecule has 0 unspecified atom stereocenters. The second-order valence-corrected chi connectivity index (χ2v) is 5.75. The average molecular weight is 311 g/mol. The van der Waals surface area contributed by atoms with E-state index < -0.39 is 0 Å². The van der Waals surface area contributed by atoms with Crippen molar-refractivity contribution in [3.8, 4) is 11.3 Å². The Morgan fingerprint density at radius 1 is 0.667 bits per heavy atom. The van der Waals surface area contributed by atoms with Crippen LogP contribution in [0.5, 0.6) is 0 Å². The Bertz CT molecular complexity index is 994. The van der Waals surface area contributed by atoms with Crippen LogP contribution in [0.3, 0.4) is 0 Å². The molecule has 116 valence electrons. The largest absolute Gasteiger partial charge is 0.338 e. The molecule has 0 radical (unpaired) electrons. The van der Waals surface area contributed by atoms with E-state index in [1.54, 1.807) is 0 Å². The van der Waals surface area contributed by atoms with Gasteiger partial charge in [0.15, 0.2) is 5.82 Å². The molecule has 4 aromatic rings. The number of aryl methyl sites for hydroxylation is 1. The van der Waals surface area contributed by atoms with Crippen LogP contribution in [0.2, 0.25) is 0 Å². The van der Waals surface area contributed by atoms with Gasteiger partial charge in [-0.3, -0.25) is 0 Å². The Morgan fingerprint density at radius 2 is 1.33 bits per heavy atom. The second-order valence-electron chi connectivity index (χ2n) is 5.75. The number of nitrogens with zero attached hydrogens (tertiary/aromatic N) is 2. The van der Waals surface area contributed by atoms with Gasteiger partial charge in [0.1, 0.15) is 5.69 Å². The van der Waals surface area contributed by atoms with Crippen LogP contribution < -0.4 is 5.32 Å². The third-order valence-corrected chi connectivity index (χ3v) is 4.13. The van der Waals surface area contributed by atoms with Gasteiger partial charge < -0.3 is 5.32 Å². The molecule has 0 atom stereocenters. The van der Waals surface area contributed by atoms with E-state index in [0.717, 1.165) is 33.5 Å². The number of fused-ring (bicyclic) bond motifs is 1. The smallest absolute Gasteiger partial charge is 0.161 e. The monoisotopic (exact) mass is 311 g/mol. The van der Waals surface area contributed by atoms with Crippen molar-refractivity contribution in [1.82, 2.24) is 10.2 Å². The Kier molecular flexibility index (Phi) is 3.67. The maximum absolute atomic E-state index is 4.49. The van der Waals surface area contributed by atoms with Crippen molar-refractivity contribution in [2.75, 3.05) is 5.32 Å². The van der Waals surface area contributed by atoms with Gasteiger partial charge in [-0.05, 0) is 18.6 Å². The first-order valence-corrected chi connectivity index (χ1v) is 7.96. The number of rotatable bonds is 3. The van der Waals surface area contributed by atoms with Gasteiger partial charge >= 0.3 is 0 Å². The molecule has 3 aromatic carbocycles. The van der Waals surface area contributed by atoms with Gasteiger partial charge in [0.05, 0.1) is 0 Å². The lowest BCUT2D eigenvalue weighted by molar-refractivity contribution is 1.06. The Balaban J connectivity index is 1.86. The van der Waals surface area contributed by atoms with E-state index in [0.29, 0.717) is 0 Å². The molecule has 1 aromatic heterocycles. The third kappa shape index (κ3) is 2.61. The summed E-state index contributed by atoms with van der Waals surface area (Å²) in [4.78, 5) is 0. The lowest BCUT2D eigenvalue weighted by Gasteiger charge is -2.12. The zero-order valence-corrected chi connectivity index (χ0v) is 13.4. The zero-order valence-electron chi connectivity index (χ0n) is 13.4. The first kappa shape index (κ1) is 14.4. The summed E-state index contributed by atoms with van der Waals surface area (Å²) in [6.07, 6.45) is 0. The summed E-state index contributed by atoms with van der Waals surface area (Å²) in [6, 6.07) is 26.6. The molecule has 4 rings (SSSR count). The van der Waals surface area contributed by atoms with Gasteiger partial charge in [-0.15, -0.1) is 10.2 Å². The molecule has 0 bridgehead atoms. The van der Waals surface area contributed by atoms with E-state index >= 15 is 0 Å². The summed E-state index contributed by atoms with van der Waals surface area (Å²) in [5.74, 6) is 0.777. The highest BCUT2D eigenvalue weighted by Crippen LogP contribution is 2.31. The summed E-state index contributed by atoms with van der Waals surface area (Å²) in [5, 5.41) is 14.5. The van der Waals surface area contributed by atoms with Crippen LogP contribution in [0.15, 0.2) is 78.9 Å². The van der Waals surface area contributed by atoms with Crippen LogP contribution in [0.25, 0.3) is 22.0 Å². The van der Waals surface area contributed by atoms with Gasteiger partial charge in [0.2, 0.25) is 0 Å². The lowest BCUT2D eigenvalue weighted by Crippen LogP contribution is -2.00. The van der Waals surface area contributed by atoms with Crippen molar-refractivity contribution in [2.24, 2.45) is 0 Å². The van der Waals surface area contributed by atoms with E-state index in [1.807, 2.05) is 42.5 Å². The Morgan fingerprint density at radius 3 is 2.12 bits per heavy atom. The number of benzene rings is 3. The van der Waals surface area contributed by atoms with Crippen molar-refractivity contribution < 1.29 is 0 Å². The van der Waals surface area contributed by atoms with Crippen molar-refractivity contribution >= 4 is 22.3 Å². The minimum Gasteiger partial charge on any atom is -0.338 e. The zero-order chi connectivity index (χ0) is 16.4. The van der Waals surface area contributed by atoms with E-state index in [4.69, 9.17) is 0 Å². The Hall–Kier alpha value is -3.20. The predicted molar refractivity (Wildman–Crippen MR) is 99.4 cm³/mol. The van der Waals surface area contributed by atoms with Crippen molar-refractivity contribution in [2.45, 2.75) is 6.92 Å². The summed E-state index contributed by atoms with van der Waals surface area (Å²) in [5.41, 5.74) is 4.20. The topological polar surface area (TPSA) is 37.8 Å². The molecule has 1 heterocycles. The fourth-order valence-electron chi connectivity index (χ4n) is 2.85. The minimum absolute atomic E-state index is 0.777. The van der Waals surface area contributed by atoms with E-state index in [9.17, 15) is 0 Å². The number of hydrogen-bond acceptors (Lipinski definition) is 3. The summed E-state index contributed by atoms with van der Waals surface area (Å²) in [7, 11) is 0. The minimum atomic E-state index is 0.777. The predicted octanol–water partition coefficient (Wildman–Crippen LogP) is 5.35. The SMILES string of the molecule is Cc1ccccc1Nc1nnc(-c2ccccc2)c2ccccc12. The van der Waals surface area contributed by atoms with Gasteiger partial charge in [0, 0.05) is 22.0 Å². The van der Waals surface area contributed by atoms with Crippen molar-refractivity contribution in [3.05, 3.63) is 84.4 Å². The molecule has 3 heteroatoms. The standard InChI is InChI=1S/C21H17N3/c1-15-9-5-8-14-19(15)22-21-18-13-7-6-12-17(18)20(23-24-21)16-10-3-2-4-11-16/h2-14H,1H3,(H,22,24). The van der Waals surface area contributed by atoms with Crippen LogP contribution >= 0.6 is 0 Å². The third-order valence-electron chi connectivity index (χ3n) is 4.13. The van der Waals surface area contributed by atoms with E-state index in [-0.39, 0.29) is 0 Å². The molecule has 0 aliphatic rings. The normalized spacial score (nSPS) is 10.7. The summed E-state index contributed by atoms with van der Waals surface area (Å²) >= 11 is 0. The van der Waals surface area contributed by atoms with Crippen molar-refractivity contribution in [1.29, 1.82) is 0 Å². The van der Waals surface area contributed by atoms with Gasteiger partial charge in [-0.25, -0.2) is 0 Å². The first-order valence-electron chi connectivity index (χ1n) is 7.96. The van der Waals surface area contributed by atoms with Crippen molar-refractivity contribution in [3.63, 3.8) is 0 Å². The van der Waals surface area contributed by atoms with Gasteiger partial charge in [-0.2, -0.15) is 0 Å². The Labute approximate surface area is 141 Å². The highest BCUT2D eigenvalue weighted by atomic mass is 15.2. The van der Waals surface area contributed by atoms with E-state index in [2.05, 4.69) is 58.8 Å². The second kappa shape index (κ2) is 6.13. The highest BCUT2D eigenvalue weighted by molar-refractivity contribution is 6.00. The molecular weight excluding hydrogens is 294 g/mol. The number of nitrogens with one attached hydrogen (secondary N) is 1. The lowest BCUT2D eigenvalue weighted by atomic mass is 10.0. The fourth-order valence-corrected chi connectivity index (χ4v) is 2.85. The molecule has 3 nitrogen and oxygen atoms in total. The molecule has 0 spiro atoms. The number of anilines is 2. The van der Waals surface area contributed by atoms with E-state index in [1.165, 1.54) is 5.56 Å². The van der Waals surface area contributed by atoms with Crippen LogP contribution in [0.4, 0.5) is 11.5 Å². The average Bonchev–Trinajstić information content (AvgIpc) is 2.64. The number of para-hydroxylation sites is 1. The number of aromatic nitrogens is 2. The maximum atomic E-state index is 4.49. The number of hydrogen-bond donors (Lipinski definition) is 1. The molecule has 0 amide bonds. The quantitative estimate of drug-likeness (QED) is 0.554. The van der Waals surface area contributed by atoms with Crippen LogP contribution in [-0.2, 0) is 0 Å². The molecule has 24 heavy (non-hydrogen) atoms. The molecule has 0 saturated heterocycles. The van der Waals surface area contributed by atoms with Crippen LogP contribution in [-0.4, -0.2) is 10.2 Å². The highest BCUT2D eigenvalue weighted by Gasteiger charge is 2.11. The summed E-state index contributed by atoms with van der Waals surface area (Å²) in [6.45, 7) is 2.08. The van der Waals surface area contributed by atoms with Gasteiger partial charge in [0.25, 0.3) is 0 Å². The molecule has 0 aliphatic heterocycles. The first-order chi connectivity index (χ1) is 11.8. The summed E-state index contributed by atoms with van der Waals surface area (Å²) < 4.78 is 0. The van der Waals surface area contributed by atoms with Gasteiger partial charge in [-0.1, -0.05) is 72.8 Å². The van der Waals surface area contributed by atoms with Crippen LogP contribution in [0.1, 0.15) is 5.56 Å². The maximum Gasteiger partial charge on any atom is 0.161 e. The fraction of sp³-hybridized carbons (Fsp3) is 0.0476. The molecular formula is C21H17N3. The van der Waals surface area contributed by atoms with Crippen LogP contribution in [0, 0.1) is 6.92 Å². The molecule has 1 N–H and O–H groups in total. The molecule has 0 aliphatic carbocycles. The molecule has 0 fully saturated rings. The molecule has 0 saturated carbocycles.